The van der Waals surface area contributed by atoms with Gasteiger partial charge in [0.1, 0.15) is 0 Å². The third kappa shape index (κ3) is 3.85. The van der Waals surface area contributed by atoms with Crippen molar-refractivity contribution >= 4 is 26.5 Å². The molecule has 3 rings (SSSR count). The molecule has 0 saturated carbocycles. The lowest BCUT2D eigenvalue weighted by Gasteiger charge is -2.24. The first-order chi connectivity index (χ1) is 10.6. The molecule has 0 radical (unpaired) electrons. The maximum absolute atomic E-state index is 12.2. The Morgan fingerprint density at radius 1 is 1.32 bits per heavy atom. The number of benzene rings is 1. The van der Waals surface area contributed by atoms with Gasteiger partial charge in [-0.15, -0.1) is 11.3 Å². The summed E-state index contributed by atoms with van der Waals surface area (Å²) < 4.78 is 27.2. The summed E-state index contributed by atoms with van der Waals surface area (Å²) in [5, 5.41) is 2.93. The molecule has 1 N–H and O–H groups in total. The Hall–Kier alpha value is -1.44. The number of nitrogens with zero attached hydrogens (tertiary/aromatic N) is 2. The van der Waals surface area contributed by atoms with Crippen molar-refractivity contribution in [2.75, 3.05) is 18.0 Å². The van der Waals surface area contributed by atoms with Crippen molar-refractivity contribution in [1.82, 2.24) is 9.71 Å². The summed E-state index contributed by atoms with van der Waals surface area (Å²) in [6.07, 6.45) is 3.85. The molecule has 1 atom stereocenters. The SMILES string of the molecule is O=S(=O)(Cc1ccccc1)NC[C@H]1CCCN1c1nccs1. The summed E-state index contributed by atoms with van der Waals surface area (Å²) in [6, 6.07) is 9.44. The van der Waals surface area contributed by atoms with E-state index in [0.29, 0.717) is 6.54 Å². The predicted octanol–water partition coefficient (Wildman–Crippen LogP) is 2.23. The van der Waals surface area contributed by atoms with E-state index in [9.17, 15) is 8.42 Å². The third-order valence-electron chi connectivity index (χ3n) is 3.78. The molecule has 0 spiro atoms. The Labute approximate surface area is 135 Å². The van der Waals surface area contributed by atoms with Crippen molar-refractivity contribution in [2.24, 2.45) is 0 Å². The minimum atomic E-state index is -3.31. The van der Waals surface area contributed by atoms with Crippen LogP contribution in [0.1, 0.15) is 18.4 Å². The van der Waals surface area contributed by atoms with E-state index in [2.05, 4.69) is 14.6 Å². The van der Waals surface area contributed by atoms with Gasteiger partial charge in [-0.2, -0.15) is 0 Å². The van der Waals surface area contributed by atoms with E-state index in [-0.39, 0.29) is 11.8 Å². The molecule has 118 valence electrons. The molecule has 5 nitrogen and oxygen atoms in total. The molecule has 7 heteroatoms. The van der Waals surface area contributed by atoms with Crippen molar-refractivity contribution < 1.29 is 8.42 Å². The van der Waals surface area contributed by atoms with Gasteiger partial charge >= 0.3 is 0 Å². The van der Waals surface area contributed by atoms with Gasteiger partial charge in [0.25, 0.3) is 0 Å². The Bertz CT molecular complexity index is 687. The molecular formula is C15H19N3O2S2. The normalized spacial score (nSPS) is 18.7. The van der Waals surface area contributed by atoms with Gasteiger partial charge in [-0.25, -0.2) is 18.1 Å². The lowest BCUT2D eigenvalue weighted by molar-refractivity contribution is 0.566. The molecule has 1 aromatic heterocycles. The molecule has 0 amide bonds. The van der Waals surface area contributed by atoms with E-state index in [0.717, 1.165) is 30.1 Å². The lowest BCUT2D eigenvalue weighted by Crippen LogP contribution is -2.40. The number of hydrogen-bond donors (Lipinski definition) is 1. The van der Waals surface area contributed by atoms with Crippen LogP contribution in [0.25, 0.3) is 0 Å². The van der Waals surface area contributed by atoms with E-state index in [1.807, 2.05) is 35.7 Å². The average Bonchev–Trinajstić information content (AvgIpc) is 3.17. The quantitative estimate of drug-likeness (QED) is 0.878. The maximum Gasteiger partial charge on any atom is 0.215 e. The molecular weight excluding hydrogens is 318 g/mol. The van der Waals surface area contributed by atoms with Crippen LogP contribution in [0, 0.1) is 0 Å². The van der Waals surface area contributed by atoms with E-state index in [1.54, 1.807) is 17.5 Å². The van der Waals surface area contributed by atoms with Gasteiger partial charge in [-0.1, -0.05) is 30.3 Å². The third-order valence-corrected chi connectivity index (χ3v) is 5.91. The van der Waals surface area contributed by atoms with Crippen molar-refractivity contribution in [3.8, 4) is 0 Å². The fraction of sp³-hybridized carbons (Fsp3) is 0.400. The fourth-order valence-corrected chi connectivity index (χ4v) is 4.65. The van der Waals surface area contributed by atoms with Crippen LogP contribution in [-0.2, 0) is 15.8 Å². The van der Waals surface area contributed by atoms with Crippen LogP contribution >= 0.6 is 11.3 Å². The number of aromatic nitrogens is 1. The largest absolute Gasteiger partial charge is 0.344 e. The first-order valence-electron chi connectivity index (χ1n) is 7.31. The zero-order valence-corrected chi connectivity index (χ0v) is 13.8. The summed E-state index contributed by atoms with van der Waals surface area (Å²) in [5.41, 5.74) is 0.804. The van der Waals surface area contributed by atoms with Gasteiger partial charge in [0.15, 0.2) is 5.13 Å². The predicted molar refractivity (Wildman–Crippen MR) is 89.6 cm³/mol. The molecule has 22 heavy (non-hydrogen) atoms. The monoisotopic (exact) mass is 337 g/mol. The highest BCUT2D eigenvalue weighted by molar-refractivity contribution is 7.88. The summed E-state index contributed by atoms with van der Waals surface area (Å²) >= 11 is 1.60. The number of anilines is 1. The highest BCUT2D eigenvalue weighted by Gasteiger charge is 2.27. The van der Waals surface area contributed by atoms with Crippen molar-refractivity contribution in [2.45, 2.75) is 24.6 Å². The summed E-state index contributed by atoms with van der Waals surface area (Å²) in [4.78, 5) is 6.53. The molecule has 1 fully saturated rings. The van der Waals surface area contributed by atoms with E-state index >= 15 is 0 Å². The van der Waals surface area contributed by atoms with Crippen molar-refractivity contribution in [1.29, 1.82) is 0 Å². The smallest absolute Gasteiger partial charge is 0.215 e. The number of sulfonamides is 1. The van der Waals surface area contributed by atoms with Gasteiger partial charge in [-0.3, -0.25) is 0 Å². The van der Waals surface area contributed by atoms with Crippen LogP contribution in [0.5, 0.6) is 0 Å². The van der Waals surface area contributed by atoms with Gasteiger partial charge in [0, 0.05) is 30.7 Å². The molecule has 1 aliphatic rings. The van der Waals surface area contributed by atoms with Crippen molar-refractivity contribution in [3.63, 3.8) is 0 Å². The molecule has 1 aliphatic heterocycles. The number of hydrogen-bond acceptors (Lipinski definition) is 5. The molecule has 0 aliphatic carbocycles. The summed E-state index contributed by atoms with van der Waals surface area (Å²) in [7, 11) is -3.31. The van der Waals surface area contributed by atoms with Gasteiger partial charge in [-0.05, 0) is 18.4 Å². The van der Waals surface area contributed by atoms with Crippen molar-refractivity contribution in [3.05, 3.63) is 47.5 Å². The first-order valence-corrected chi connectivity index (χ1v) is 9.85. The highest BCUT2D eigenvalue weighted by Crippen LogP contribution is 2.26. The molecule has 2 heterocycles. The van der Waals surface area contributed by atoms with Gasteiger partial charge in [0.05, 0.1) is 5.75 Å². The maximum atomic E-state index is 12.2. The van der Waals surface area contributed by atoms with Crippen LogP contribution in [0.4, 0.5) is 5.13 Å². The fourth-order valence-electron chi connectivity index (χ4n) is 2.73. The van der Waals surface area contributed by atoms with E-state index in [4.69, 9.17) is 0 Å². The van der Waals surface area contributed by atoms with Crippen LogP contribution < -0.4 is 9.62 Å². The minimum Gasteiger partial charge on any atom is -0.344 e. The molecule has 1 saturated heterocycles. The molecule has 0 bridgehead atoms. The Morgan fingerprint density at radius 2 is 2.14 bits per heavy atom. The standard InChI is InChI=1S/C15H19N3O2S2/c19-22(20,12-13-5-2-1-3-6-13)17-11-14-7-4-9-18(14)15-16-8-10-21-15/h1-3,5-6,8,10,14,17H,4,7,9,11-12H2/t14-/m1/s1. The molecule has 0 unspecified atom stereocenters. The van der Waals surface area contributed by atoms with E-state index in [1.165, 1.54) is 0 Å². The van der Waals surface area contributed by atoms with Gasteiger partial charge in [0.2, 0.25) is 10.0 Å². The molecule has 2 aromatic rings. The molecule has 1 aromatic carbocycles. The highest BCUT2D eigenvalue weighted by atomic mass is 32.2. The van der Waals surface area contributed by atoms with Crippen LogP contribution in [0.3, 0.4) is 0 Å². The Morgan fingerprint density at radius 3 is 2.86 bits per heavy atom. The first kappa shape index (κ1) is 15.5. The Balaban J connectivity index is 1.59. The average molecular weight is 337 g/mol. The number of rotatable bonds is 6. The van der Waals surface area contributed by atoms with Crippen LogP contribution in [0.2, 0.25) is 0 Å². The zero-order valence-electron chi connectivity index (χ0n) is 12.2. The number of thiazole rings is 1. The van der Waals surface area contributed by atoms with Crippen LogP contribution in [-0.4, -0.2) is 32.5 Å². The lowest BCUT2D eigenvalue weighted by atomic mass is 10.2. The second-order valence-corrected chi connectivity index (χ2v) is 8.08. The zero-order chi connectivity index (χ0) is 15.4. The summed E-state index contributed by atoms with van der Waals surface area (Å²) in [5.74, 6) is 0.0256. The summed E-state index contributed by atoms with van der Waals surface area (Å²) in [6.45, 7) is 1.38. The minimum absolute atomic E-state index is 0.0256. The van der Waals surface area contributed by atoms with E-state index < -0.39 is 10.0 Å². The van der Waals surface area contributed by atoms with Gasteiger partial charge < -0.3 is 4.90 Å². The topological polar surface area (TPSA) is 62.3 Å². The second-order valence-electron chi connectivity index (χ2n) is 5.40. The second kappa shape index (κ2) is 6.76. The van der Waals surface area contributed by atoms with Crippen LogP contribution in [0.15, 0.2) is 41.9 Å². The number of nitrogens with one attached hydrogen (secondary N) is 1. The Kier molecular flexibility index (Phi) is 4.75.